The van der Waals surface area contributed by atoms with Crippen molar-refractivity contribution in [3.8, 4) is 0 Å². The summed E-state index contributed by atoms with van der Waals surface area (Å²) in [7, 11) is 0. The standard InChI is InChI=1S/C8H17O.3C4H2F7.Sn/c1-2-3-4-5-6-7-8-9;3*5-1-3(8,9)4(10,11)2(6)7;/h2-8H2,1H3;3*1H2;/q-1;;;;+1. The summed E-state index contributed by atoms with van der Waals surface area (Å²) in [5.41, 5.74) is 0. The first-order valence-electron chi connectivity index (χ1n) is 11.7. The van der Waals surface area contributed by atoms with Crippen LogP contribution >= 0.6 is 0 Å². The first-order valence-corrected chi connectivity index (χ1v) is 17.2. The molecule has 0 radical (unpaired) electrons. The molecule has 0 aliphatic carbocycles. The predicted molar refractivity (Wildman–Crippen MR) is 108 cm³/mol. The topological polar surface area (TPSA) is 9.23 Å². The fourth-order valence-electron chi connectivity index (χ4n) is 3.58. The molecular formula is C20H23F21OSn. The second kappa shape index (κ2) is 13.6. The van der Waals surface area contributed by atoms with Crippen molar-refractivity contribution in [1.29, 1.82) is 0 Å². The van der Waals surface area contributed by atoms with Crippen molar-refractivity contribution in [3.05, 3.63) is 0 Å². The van der Waals surface area contributed by atoms with Gasteiger partial charge in [0.15, 0.2) is 0 Å². The summed E-state index contributed by atoms with van der Waals surface area (Å²) in [4.78, 5) is 0. The number of rotatable bonds is 20. The minimum atomic E-state index is -12.3. The molecule has 0 N–H and O–H groups in total. The van der Waals surface area contributed by atoms with E-state index in [1.165, 1.54) is 0 Å². The van der Waals surface area contributed by atoms with E-state index >= 15 is 26.3 Å². The van der Waals surface area contributed by atoms with Gasteiger partial charge >= 0.3 is 233 Å². The van der Waals surface area contributed by atoms with Crippen molar-refractivity contribution in [2.24, 2.45) is 0 Å². The minimum absolute atomic E-state index is 0.135. The van der Waals surface area contributed by atoms with Crippen LogP contribution in [-0.4, -0.2) is 92.8 Å². The average Bonchev–Trinajstić information content (AvgIpc) is 2.88. The fraction of sp³-hybridized carbons (Fsp3) is 1.00. The van der Waals surface area contributed by atoms with Crippen LogP contribution < -0.4 is 0 Å². The molecule has 0 fully saturated rings. The molecule has 260 valence electrons. The molecule has 23 heteroatoms. The fourth-order valence-corrected chi connectivity index (χ4v) is 15.1. The van der Waals surface area contributed by atoms with Crippen LogP contribution in [0.5, 0.6) is 0 Å². The molecular weight excluding hydrogens is 774 g/mol. The van der Waals surface area contributed by atoms with Gasteiger partial charge in [0.2, 0.25) is 0 Å². The number of hydrogen-bond donors (Lipinski definition) is 0. The van der Waals surface area contributed by atoms with E-state index in [1.54, 1.807) is 6.92 Å². The zero-order valence-electron chi connectivity index (χ0n) is 21.4. The van der Waals surface area contributed by atoms with E-state index in [9.17, 15) is 65.9 Å². The maximum absolute atomic E-state index is 15.2. The van der Waals surface area contributed by atoms with Crippen molar-refractivity contribution in [1.82, 2.24) is 0 Å². The van der Waals surface area contributed by atoms with Gasteiger partial charge in [-0.1, -0.05) is 0 Å². The van der Waals surface area contributed by atoms with Crippen molar-refractivity contribution in [2.45, 2.75) is 92.8 Å². The van der Waals surface area contributed by atoms with Gasteiger partial charge in [-0.2, -0.15) is 0 Å². The summed E-state index contributed by atoms with van der Waals surface area (Å²) in [6.07, 6.45) is -1.20. The maximum atomic E-state index is 15.2. The summed E-state index contributed by atoms with van der Waals surface area (Å²) >= 11 is -12.3. The zero-order valence-corrected chi connectivity index (χ0v) is 24.3. The van der Waals surface area contributed by atoms with Gasteiger partial charge in [-0.15, -0.1) is 0 Å². The molecule has 43 heavy (non-hydrogen) atoms. The van der Waals surface area contributed by atoms with Crippen molar-refractivity contribution < 1.29 is 95.3 Å². The molecule has 0 bridgehead atoms. The monoisotopic (exact) mass is 798 g/mol. The predicted octanol–water partition coefficient (Wildman–Crippen LogP) is 9.55. The quantitative estimate of drug-likeness (QED) is 0.0678. The van der Waals surface area contributed by atoms with Gasteiger partial charge in [-0.05, 0) is 0 Å². The molecule has 1 nitrogen and oxygen atoms in total. The molecule has 0 saturated heterocycles. The molecule has 0 aliphatic heterocycles. The normalized spacial score (nSPS) is 15.8. The molecule has 0 spiro atoms. The number of unbranched alkanes of at least 4 members (excludes halogenated alkanes) is 5. The molecule has 0 aromatic carbocycles. The van der Waals surface area contributed by atoms with E-state index in [0.29, 0.717) is 12.8 Å². The summed E-state index contributed by atoms with van der Waals surface area (Å²) < 4.78 is 274. The third-order valence-corrected chi connectivity index (χ3v) is 18.3. The summed E-state index contributed by atoms with van der Waals surface area (Å²) in [5, 5.41) is 0. The SMILES string of the molecule is CCCCCCCC[O][Sn]([C](F)(F)C(F)(F)C(F)(F)CF)([C](F)(F)C(F)(F)C(F)(F)CF)[C](F)(F)C(F)(F)C(F)(F)CF. The Kier molecular flexibility index (Phi) is 13.3. The Morgan fingerprint density at radius 1 is 0.419 bits per heavy atom. The number of halogens is 21. The molecule has 0 rings (SSSR count). The van der Waals surface area contributed by atoms with E-state index in [0.717, 1.165) is 0 Å². The van der Waals surface area contributed by atoms with Gasteiger partial charge in [0, 0.05) is 0 Å². The molecule has 0 unspecified atom stereocenters. The van der Waals surface area contributed by atoms with E-state index in [2.05, 4.69) is 3.07 Å². The van der Waals surface area contributed by atoms with Gasteiger partial charge in [-0.3, -0.25) is 0 Å². The Balaban J connectivity index is 8.18. The average molecular weight is 797 g/mol. The molecule has 0 saturated carbocycles. The van der Waals surface area contributed by atoms with Crippen LogP contribution in [0, 0.1) is 0 Å². The molecule has 0 aromatic heterocycles. The second-order valence-electron chi connectivity index (χ2n) is 9.26. The zero-order chi connectivity index (χ0) is 34.8. The summed E-state index contributed by atoms with van der Waals surface area (Å²) in [6, 6.07) is 0. The number of hydrogen-bond acceptors (Lipinski definition) is 1. The van der Waals surface area contributed by atoms with E-state index in [1.807, 2.05) is 0 Å². The molecule has 0 atom stereocenters. The van der Waals surface area contributed by atoms with Gasteiger partial charge in [-0.25, -0.2) is 0 Å². The Morgan fingerprint density at radius 3 is 0.930 bits per heavy atom. The van der Waals surface area contributed by atoms with E-state index in [4.69, 9.17) is 0 Å². The van der Waals surface area contributed by atoms with Crippen LogP contribution in [-0.2, 0) is 3.07 Å². The van der Waals surface area contributed by atoms with E-state index < -0.39 is 106 Å². The van der Waals surface area contributed by atoms with Crippen LogP contribution in [0.4, 0.5) is 92.2 Å². The molecule has 0 aliphatic rings. The van der Waals surface area contributed by atoms with Crippen molar-refractivity contribution in [3.63, 3.8) is 0 Å². The molecule has 0 aromatic rings. The Morgan fingerprint density at radius 2 is 0.674 bits per heavy atom. The van der Waals surface area contributed by atoms with E-state index in [-0.39, 0.29) is 12.8 Å². The van der Waals surface area contributed by atoms with Crippen LogP contribution in [0.3, 0.4) is 0 Å². The van der Waals surface area contributed by atoms with Crippen LogP contribution in [0.15, 0.2) is 0 Å². The van der Waals surface area contributed by atoms with Crippen LogP contribution in [0.25, 0.3) is 0 Å². The number of alkyl halides is 21. The van der Waals surface area contributed by atoms with Crippen LogP contribution in [0.2, 0.25) is 0 Å². The Hall–Kier alpha value is -0.711. The Labute approximate surface area is 233 Å². The van der Waals surface area contributed by atoms with Gasteiger partial charge < -0.3 is 0 Å². The van der Waals surface area contributed by atoms with Crippen molar-refractivity contribution >= 4 is 18.8 Å². The summed E-state index contributed by atoms with van der Waals surface area (Å²) in [6.45, 7) is -13.4. The molecule has 0 heterocycles. The first-order chi connectivity index (χ1) is 19.0. The third kappa shape index (κ3) is 6.46. The van der Waals surface area contributed by atoms with Gasteiger partial charge in [0.25, 0.3) is 0 Å². The second-order valence-corrected chi connectivity index (χ2v) is 19.3. The van der Waals surface area contributed by atoms with Gasteiger partial charge in [0.1, 0.15) is 0 Å². The van der Waals surface area contributed by atoms with Crippen LogP contribution in [0.1, 0.15) is 45.4 Å². The summed E-state index contributed by atoms with van der Waals surface area (Å²) in [5.74, 6) is -46.5. The molecule has 0 amide bonds. The van der Waals surface area contributed by atoms with Gasteiger partial charge in [0.05, 0.1) is 0 Å². The van der Waals surface area contributed by atoms with Crippen molar-refractivity contribution in [2.75, 3.05) is 26.6 Å². The Bertz CT molecular complexity index is 792. The third-order valence-electron chi connectivity index (χ3n) is 6.21. The first kappa shape index (κ1) is 42.3.